The number of hydrogen-bond donors (Lipinski definition) is 1. The van der Waals surface area contributed by atoms with Gasteiger partial charge in [-0.3, -0.25) is 14.9 Å². The van der Waals surface area contributed by atoms with Crippen LogP contribution in [-0.4, -0.2) is 29.0 Å². The topological polar surface area (TPSA) is 124 Å². The van der Waals surface area contributed by atoms with Crippen molar-refractivity contribution in [3.05, 3.63) is 86.6 Å². The number of carbonyl (C=O) groups excluding carboxylic acids is 1. The molecule has 0 radical (unpaired) electrons. The van der Waals surface area contributed by atoms with Gasteiger partial charge in [0.15, 0.2) is 9.84 Å². The lowest BCUT2D eigenvalue weighted by atomic mass is 10.2. The van der Waals surface area contributed by atoms with Crippen LogP contribution in [0.5, 0.6) is 0 Å². The van der Waals surface area contributed by atoms with Crippen molar-refractivity contribution in [3.8, 4) is 5.69 Å². The molecule has 9 nitrogen and oxygen atoms in total. The van der Waals surface area contributed by atoms with Crippen molar-refractivity contribution in [3.63, 3.8) is 0 Å². The second kappa shape index (κ2) is 7.97. The Hall–Kier alpha value is -3.50. The summed E-state index contributed by atoms with van der Waals surface area (Å²) in [4.78, 5) is 22.8. The van der Waals surface area contributed by atoms with Crippen molar-refractivity contribution in [2.45, 2.75) is 11.5 Å². The number of sulfone groups is 1. The molecule has 0 aliphatic carbocycles. The van der Waals surface area contributed by atoms with E-state index in [1.165, 1.54) is 41.1 Å². The maximum Gasteiger partial charge on any atom is 0.269 e. The molecule has 0 bridgehead atoms. The van der Waals surface area contributed by atoms with Crippen molar-refractivity contribution in [2.75, 3.05) is 5.32 Å². The fourth-order valence-electron chi connectivity index (χ4n) is 3.20. The molecule has 158 valence electrons. The predicted octanol–water partition coefficient (Wildman–Crippen LogP) is 3.51. The molecule has 1 aromatic heterocycles. The fourth-order valence-corrected chi connectivity index (χ4v) is 4.88. The molecule has 1 aliphatic heterocycles. The maximum atomic E-state index is 12.5. The van der Waals surface area contributed by atoms with Gasteiger partial charge in [0, 0.05) is 28.8 Å². The van der Waals surface area contributed by atoms with Gasteiger partial charge in [-0.15, -0.1) is 0 Å². The second-order valence-corrected chi connectivity index (χ2v) is 9.37. The van der Waals surface area contributed by atoms with E-state index in [0.717, 1.165) is 0 Å². The van der Waals surface area contributed by atoms with Crippen LogP contribution in [0.3, 0.4) is 0 Å². The van der Waals surface area contributed by atoms with Gasteiger partial charge >= 0.3 is 0 Å². The molecule has 1 amide bonds. The molecule has 0 spiro atoms. The first-order valence-electron chi connectivity index (χ1n) is 9.02. The summed E-state index contributed by atoms with van der Waals surface area (Å²) >= 11 is 6.06. The Morgan fingerprint density at radius 3 is 2.61 bits per heavy atom. The van der Waals surface area contributed by atoms with E-state index in [9.17, 15) is 23.3 Å². The van der Waals surface area contributed by atoms with Crippen LogP contribution in [0.4, 0.5) is 11.5 Å². The standard InChI is InChI=1S/C20H15ClN4O5S/c21-14-2-1-3-16(10-14)24-20(17-11-31(29,30)12-18(17)23-24)22-19(26)9-6-13-4-7-15(8-5-13)25(27)28/h1-10H,11-12H2,(H,22,26)/b9-6-. The number of hydrogen-bond acceptors (Lipinski definition) is 6. The van der Waals surface area contributed by atoms with Crippen molar-refractivity contribution in [2.24, 2.45) is 0 Å². The molecule has 3 aromatic rings. The first-order chi connectivity index (χ1) is 14.7. The summed E-state index contributed by atoms with van der Waals surface area (Å²) in [5, 5.41) is 18.3. The van der Waals surface area contributed by atoms with E-state index in [1.54, 1.807) is 24.3 Å². The van der Waals surface area contributed by atoms with Gasteiger partial charge in [-0.25, -0.2) is 13.1 Å². The minimum atomic E-state index is -3.32. The summed E-state index contributed by atoms with van der Waals surface area (Å²) < 4.78 is 25.5. The van der Waals surface area contributed by atoms with Gasteiger partial charge in [0.05, 0.1) is 27.8 Å². The van der Waals surface area contributed by atoms with Crippen LogP contribution >= 0.6 is 11.6 Å². The Kier molecular flexibility index (Phi) is 5.34. The summed E-state index contributed by atoms with van der Waals surface area (Å²) in [6.07, 6.45) is 2.75. The summed E-state index contributed by atoms with van der Waals surface area (Å²) in [5.74, 6) is -0.660. The normalized spacial score (nSPS) is 14.5. The molecule has 0 saturated heterocycles. The van der Waals surface area contributed by atoms with E-state index >= 15 is 0 Å². The highest BCUT2D eigenvalue weighted by Gasteiger charge is 2.33. The third-order valence-electron chi connectivity index (χ3n) is 4.61. The molecule has 1 aliphatic rings. The fraction of sp³-hybridized carbons (Fsp3) is 0.100. The zero-order valence-electron chi connectivity index (χ0n) is 15.9. The minimum absolute atomic E-state index is 0.0520. The van der Waals surface area contributed by atoms with E-state index in [0.29, 0.717) is 27.5 Å². The molecule has 1 N–H and O–H groups in total. The SMILES string of the molecule is O=C(/C=C\c1ccc([N+](=O)[O-])cc1)Nc1c2c(nn1-c1cccc(Cl)c1)CS(=O)(=O)C2. The lowest BCUT2D eigenvalue weighted by Gasteiger charge is -2.10. The van der Waals surface area contributed by atoms with Crippen LogP contribution < -0.4 is 5.32 Å². The Morgan fingerprint density at radius 1 is 1.19 bits per heavy atom. The number of fused-ring (bicyclic) bond motifs is 1. The van der Waals surface area contributed by atoms with E-state index in [4.69, 9.17) is 11.6 Å². The van der Waals surface area contributed by atoms with Crippen LogP contribution in [0.15, 0.2) is 54.6 Å². The van der Waals surface area contributed by atoms with Gasteiger partial charge in [-0.2, -0.15) is 5.10 Å². The monoisotopic (exact) mass is 458 g/mol. The number of non-ortho nitro benzene ring substituents is 1. The predicted molar refractivity (Wildman–Crippen MR) is 116 cm³/mol. The van der Waals surface area contributed by atoms with E-state index in [2.05, 4.69) is 10.4 Å². The molecule has 0 atom stereocenters. The van der Waals surface area contributed by atoms with Crippen LogP contribution in [0.25, 0.3) is 11.8 Å². The van der Waals surface area contributed by atoms with Gasteiger partial charge in [0.25, 0.3) is 5.69 Å². The lowest BCUT2D eigenvalue weighted by molar-refractivity contribution is -0.384. The van der Waals surface area contributed by atoms with Crippen molar-refractivity contribution in [1.29, 1.82) is 0 Å². The van der Waals surface area contributed by atoms with Gasteiger partial charge in [-0.1, -0.05) is 17.7 Å². The number of nitrogens with zero attached hydrogens (tertiary/aromatic N) is 3. The molecular weight excluding hydrogens is 444 g/mol. The van der Waals surface area contributed by atoms with Gasteiger partial charge in [0.2, 0.25) is 5.91 Å². The summed E-state index contributed by atoms with van der Waals surface area (Å²) in [5.41, 5.74) is 1.95. The summed E-state index contributed by atoms with van der Waals surface area (Å²) in [7, 11) is -3.32. The zero-order chi connectivity index (χ0) is 22.2. The molecule has 2 heterocycles. The molecular formula is C20H15ClN4O5S. The summed E-state index contributed by atoms with van der Waals surface area (Å²) in [6.45, 7) is 0. The molecule has 0 fully saturated rings. The average molecular weight is 459 g/mol. The highest BCUT2D eigenvalue weighted by atomic mass is 35.5. The number of anilines is 1. The van der Waals surface area contributed by atoms with Gasteiger partial charge in [-0.05, 0) is 42.0 Å². The van der Waals surface area contributed by atoms with E-state index in [-0.39, 0.29) is 23.0 Å². The second-order valence-electron chi connectivity index (χ2n) is 6.87. The smallest absolute Gasteiger partial charge is 0.269 e. The van der Waals surface area contributed by atoms with Gasteiger partial charge < -0.3 is 5.32 Å². The van der Waals surface area contributed by atoms with Crippen molar-refractivity contribution in [1.82, 2.24) is 9.78 Å². The van der Waals surface area contributed by atoms with Crippen LogP contribution in [0, 0.1) is 10.1 Å². The first-order valence-corrected chi connectivity index (χ1v) is 11.2. The van der Waals surface area contributed by atoms with E-state index in [1.807, 2.05) is 0 Å². The largest absolute Gasteiger partial charge is 0.307 e. The van der Waals surface area contributed by atoms with Crippen molar-refractivity contribution >= 4 is 44.9 Å². The molecule has 2 aromatic carbocycles. The number of nitrogens with one attached hydrogen (secondary N) is 1. The quantitative estimate of drug-likeness (QED) is 0.354. The average Bonchev–Trinajstić information content (AvgIpc) is 3.19. The number of nitro benzene ring substituents is 1. The number of halogens is 1. The molecule has 31 heavy (non-hydrogen) atoms. The number of amides is 1. The molecule has 0 saturated carbocycles. The van der Waals surface area contributed by atoms with Crippen LogP contribution in [0.1, 0.15) is 16.8 Å². The molecule has 4 rings (SSSR count). The number of benzene rings is 2. The minimum Gasteiger partial charge on any atom is -0.307 e. The number of nitro groups is 1. The number of aromatic nitrogens is 2. The third-order valence-corrected chi connectivity index (χ3v) is 6.29. The maximum absolute atomic E-state index is 12.5. The Bertz CT molecular complexity index is 1330. The third kappa shape index (κ3) is 4.49. The number of carbonyl (C=O) groups is 1. The number of rotatable bonds is 5. The highest BCUT2D eigenvalue weighted by Crippen LogP contribution is 2.33. The molecule has 0 unspecified atom stereocenters. The van der Waals surface area contributed by atoms with E-state index < -0.39 is 20.7 Å². The van der Waals surface area contributed by atoms with Crippen LogP contribution in [0.2, 0.25) is 5.02 Å². The summed E-state index contributed by atoms with van der Waals surface area (Å²) in [6, 6.07) is 12.5. The van der Waals surface area contributed by atoms with Gasteiger partial charge in [0.1, 0.15) is 5.82 Å². The van der Waals surface area contributed by atoms with Crippen molar-refractivity contribution < 1.29 is 18.1 Å². The highest BCUT2D eigenvalue weighted by molar-refractivity contribution is 7.90. The molecule has 11 heteroatoms. The first kappa shape index (κ1) is 20.8. The Morgan fingerprint density at radius 2 is 1.94 bits per heavy atom. The Labute approximate surface area is 182 Å². The Balaban J connectivity index is 1.62. The zero-order valence-corrected chi connectivity index (χ0v) is 17.4. The lowest BCUT2D eigenvalue weighted by Crippen LogP contribution is -2.14. The van der Waals surface area contributed by atoms with Crippen LogP contribution in [-0.2, 0) is 26.1 Å².